The maximum Gasteiger partial charge on any atom is 0.0707 e. The number of fused-ring (bicyclic) bond motifs is 1. The topological polar surface area (TPSA) is 12.9 Å². The molecule has 0 fully saturated rings. The summed E-state index contributed by atoms with van der Waals surface area (Å²) in [5.74, 6) is 0.555. The van der Waals surface area contributed by atoms with Crippen LogP contribution >= 0.6 is 24.0 Å². The van der Waals surface area contributed by atoms with E-state index in [1.54, 1.807) is 0 Å². The zero-order valence-electron chi connectivity index (χ0n) is 11.4. The molecule has 3 rings (SSSR count). The van der Waals surface area contributed by atoms with Gasteiger partial charge < -0.3 is 0 Å². The summed E-state index contributed by atoms with van der Waals surface area (Å²) in [4.78, 5) is 4.37. The highest BCUT2D eigenvalue weighted by atomic mass is 35.5. The van der Waals surface area contributed by atoms with Crippen LogP contribution in [0.2, 0.25) is 0 Å². The molecular formula is C18H15Cl2N. The quantitative estimate of drug-likeness (QED) is 0.576. The molecule has 0 amide bonds. The maximum absolute atomic E-state index is 5.79. The Morgan fingerprint density at radius 3 is 2.43 bits per heavy atom. The third-order valence-corrected chi connectivity index (χ3v) is 3.58. The number of benzene rings is 2. The van der Waals surface area contributed by atoms with E-state index in [-0.39, 0.29) is 12.4 Å². The van der Waals surface area contributed by atoms with E-state index in [9.17, 15) is 0 Å². The first-order chi connectivity index (χ1) is 9.86. The van der Waals surface area contributed by atoms with E-state index < -0.39 is 0 Å². The minimum absolute atomic E-state index is 0. The summed E-state index contributed by atoms with van der Waals surface area (Å²) in [5.41, 5.74) is 4.50. The predicted octanol–water partition coefficient (Wildman–Crippen LogP) is 5.57. The van der Waals surface area contributed by atoms with Crippen LogP contribution in [0.25, 0.3) is 23.1 Å². The van der Waals surface area contributed by atoms with Gasteiger partial charge in [-0.1, -0.05) is 54.6 Å². The fourth-order valence-electron chi connectivity index (χ4n) is 2.17. The summed E-state index contributed by atoms with van der Waals surface area (Å²) in [6.07, 6.45) is 6.08. The number of rotatable bonds is 3. The molecule has 0 saturated heterocycles. The molecule has 0 atom stereocenters. The lowest BCUT2D eigenvalue weighted by atomic mass is 10.1. The van der Waals surface area contributed by atoms with Crippen LogP contribution in [-0.4, -0.2) is 4.98 Å². The molecule has 1 heterocycles. The Balaban J connectivity index is 0.00000161. The zero-order valence-corrected chi connectivity index (χ0v) is 12.9. The predicted molar refractivity (Wildman–Crippen MR) is 93.9 cm³/mol. The van der Waals surface area contributed by atoms with E-state index in [2.05, 4.69) is 47.5 Å². The summed E-state index contributed by atoms with van der Waals surface area (Å²) < 4.78 is 0. The maximum atomic E-state index is 5.79. The largest absolute Gasteiger partial charge is 0.256 e. The van der Waals surface area contributed by atoms with E-state index in [0.29, 0.717) is 5.88 Å². The van der Waals surface area contributed by atoms with Crippen molar-refractivity contribution in [2.24, 2.45) is 0 Å². The van der Waals surface area contributed by atoms with Gasteiger partial charge in [0.25, 0.3) is 0 Å². The van der Waals surface area contributed by atoms with Gasteiger partial charge in [-0.05, 0) is 28.8 Å². The Hall–Kier alpha value is -1.83. The van der Waals surface area contributed by atoms with Crippen LogP contribution in [0.1, 0.15) is 16.7 Å². The number of hydrogen-bond donors (Lipinski definition) is 0. The van der Waals surface area contributed by atoms with Crippen molar-refractivity contribution in [1.82, 2.24) is 4.98 Å². The smallest absolute Gasteiger partial charge is 0.0707 e. The van der Waals surface area contributed by atoms with E-state index >= 15 is 0 Å². The number of aromatic nitrogens is 1. The lowest BCUT2D eigenvalue weighted by Gasteiger charge is -2.01. The molecule has 3 heteroatoms. The molecule has 0 spiro atoms. The Morgan fingerprint density at radius 2 is 1.67 bits per heavy atom. The summed E-state index contributed by atoms with van der Waals surface area (Å²) in [5, 5.41) is 1.17. The number of alkyl halides is 1. The van der Waals surface area contributed by atoms with Gasteiger partial charge in [0, 0.05) is 17.5 Å². The molecule has 0 aliphatic rings. The van der Waals surface area contributed by atoms with E-state index in [1.807, 2.05) is 30.5 Å². The van der Waals surface area contributed by atoms with Crippen LogP contribution in [0.3, 0.4) is 0 Å². The first-order valence-electron chi connectivity index (χ1n) is 6.53. The Labute approximate surface area is 135 Å². The van der Waals surface area contributed by atoms with Crippen molar-refractivity contribution in [3.05, 3.63) is 77.5 Å². The van der Waals surface area contributed by atoms with Crippen LogP contribution in [0.15, 0.2) is 60.8 Å². The molecule has 21 heavy (non-hydrogen) atoms. The second-order valence-electron chi connectivity index (χ2n) is 4.63. The van der Waals surface area contributed by atoms with Gasteiger partial charge in [0.15, 0.2) is 0 Å². The van der Waals surface area contributed by atoms with Gasteiger partial charge in [-0.2, -0.15) is 0 Å². The van der Waals surface area contributed by atoms with Crippen molar-refractivity contribution in [2.75, 3.05) is 0 Å². The van der Waals surface area contributed by atoms with Gasteiger partial charge in [0.2, 0.25) is 0 Å². The molecule has 0 aliphatic carbocycles. The van der Waals surface area contributed by atoms with Gasteiger partial charge >= 0.3 is 0 Å². The third kappa shape index (κ3) is 3.63. The van der Waals surface area contributed by atoms with Gasteiger partial charge in [0.1, 0.15) is 0 Å². The average molecular weight is 316 g/mol. The SMILES string of the molecule is Cl.ClCc1ccc(/C=C/c2ccnc3ccccc23)cc1. The van der Waals surface area contributed by atoms with Crippen LogP contribution in [0.4, 0.5) is 0 Å². The molecular weight excluding hydrogens is 301 g/mol. The van der Waals surface area contributed by atoms with Crippen LogP contribution < -0.4 is 0 Å². The normalized spacial score (nSPS) is 10.7. The van der Waals surface area contributed by atoms with Crippen molar-refractivity contribution in [2.45, 2.75) is 5.88 Å². The number of pyridine rings is 1. The highest BCUT2D eigenvalue weighted by Crippen LogP contribution is 2.19. The summed E-state index contributed by atoms with van der Waals surface area (Å²) in [7, 11) is 0. The monoisotopic (exact) mass is 315 g/mol. The van der Waals surface area contributed by atoms with Crippen LogP contribution in [0.5, 0.6) is 0 Å². The highest BCUT2D eigenvalue weighted by Gasteiger charge is 1.97. The lowest BCUT2D eigenvalue weighted by Crippen LogP contribution is -1.82. The Kier molecular flexibility index (Phi) is 5.38. The van der Waals surface area contributed by atoms with Crippen LogP contribution in [0, 0.1) is 0 Å². The number of hydrogen-bond acceptors (Lipinski definition) is 1. The Bertz CT molecular complexity index is 743. The molecule has 1 nitrogen and oxygen atoms in total. The first-order valence-corrected chi connectivity index (χ1v) is 7.07. The van der Waals surface area contributed by atoms with Crippen molar-refractivity contribution in [1.29, 1.82) is 0 Å². The number of nitrogens with zero attached hydrogens (tertiary/aromatic N) is 1. The highest BCUT2D eigenvalue weighted by molar-refractivity contribution is 6.17. The van der Waals surface area contributed by atoms with E-state index in [1.165, 1.54) is 16.5 Å². The molecule has 3 aromatic rings. The lowest BCUT2D eigenvalue weighted by molar-refractivity contribution is 1.40. The standard InChI is InChI=1S/C18H14ClN.ClH/c19-13-15-7-5-14(6-8-15)9-10-16-11-12-20-18-4-2-1-3-17(16)18;/h1-12H,13H2;1H/b10-9+;. The zero-order chi connectivity index (χ0) is 13.8. The van der Waals surface area contributed by atoms with Crippen molar-refractivity contribution in [3.63, 3.8) is 0 Å². The average Bonchev–Trinajstić information content (AvgIpc) is 2.53. The minimum Gasteiger partial charge on any atom is -0.256 e. The second-order valence-corrected chi connectivity index (χ2v) is 4.89. The third-order valence-electron chi connectivity index (χ3n) is 3.27. The summed E-state index contributed by atoms with van der Waals surface area (Å²) in [6.45, 7) is 0. The van der Waals surface area contributed by atoms with E-state index in [4.69, 9.17) is 11.6 Å². The van der Waals surface area contributed by atoms with Crippen molar-refractivity contribution < 1.29 is 0 Å². The number of para-hydroxylation sites is 1. The molecule has 0 N–H and O–H groups in total. The molecule has 106 valence electrons. The molecule has 0 saturated carbocycles. The van der Waals surface area contributed by atoms with Crippen molar-refractivity contribution >= 4 is 47.1 Å². The van der Waals surface area contributed by atoms with Gasteiger partial charge in [-0.3, -0.25) is 4.98 Å². The van der Waals surface area contributed by atoms with Gasteiger partial charge in [-0.25, -0.2) is 0 Å². The Morgan fingerprint density at radius 1 is 0.905 bits per heavy atom. The molecule has 0 aliphatic heterocycles. The van der Waals surface area contributed by atoms with Crippen LogP contribution in [-0.2, 0) is 5.88 Å². The first kappa shape index (κ1) is 15.6. The fourth-order valence-corrected chi connectivity index (χ4v) is 2.35. The molecule has 2 aromatic carbocycles. The minimum atomic E-state index is 0. The number of halogens is 2. The summed E-state index contributed by atoms with van der Waals surface area (Å²) >= 11 is 5.79. The molecule has 0 bridgehead atoms. The van der Waals surface area contributed by atoms with Gasteiger partial charge in [0.05, 0.1) is 5.52 Å². The summed E-state index contributed by atoms with van der Waals surface area (Å²) in [6, 6.07) is 18.5. The molecule has 0 radical (unpaired) electrons. The van der Waals surface area contributed by atoms with Gasteiger partial charge in [-0.15, -0.1) is 24.0 Å². The van der Waals surface area contributed by atoms with E-state index in [0.717, 1.165) is 11.1 Å². The molecule has 1 aromatic heterocycles. The second kappa shape index (κ2) is 7.26. The van der Waals surface area contributed by atoms with Crippen molar-refractivity contribution in [3.8, 4) is 0 Å². The molecule has 0 unspecified atom stereocenters. The fraction of sp³-hybridized carbons (Fsp3) is 0.0556.